The van der Waals surface area contributed by atoms with Gasteiger partial charge in [-0.2, -0.15) is 0 Å². The van der Waals surface area contributed by atoms with E-state index in [1.807, 2.05) is 0 Å². The molecule has 184 valence electrons. The van der Waals surface area contributed by atoms with Crippen LogP contribution in [0.15, 0.2) is 66.7 Å². The summed E-state index contributed by atoms with van der Waals surface area (Å²) in [6.07, 6.45) is 0. The molecular weight excluding hydrogens is 440 g/mol. The van der Waals surface area contributed by atoms with Gasteiger partial charge in [0.05, 0.1) is 13.0 Å². The zero-order chi connectivity index (χ0) is 25.6. The van der Waals surface area contributed by atoms with Gasteiger partial charge in [0.15, 0.2) is 0 Å². The van der Waals surface area contributed by atoms with Crippen LogP contribution in [0.25, 0.3) is 21.5 Å². The lowest BCUT2D eigenvalue weighted by atomic mass is 9.48. The van der Waals surface area contributed by atoms with Gasteiger partial charge in [0.1, 0.15) is 0 Å². The maximum atomic E-state index is 13.4. The zero-order valence-electron chi connectivity index (χ0n) is 22.5. The smallest absolute Gasteiger partial charge is 0.309 e. The minimum absolute atomic E-state index is 0.0227. The van der Waals surface area contributed by atoms with Crippen LogP contribution in [0.3, 0.4) is 0 Å². The number of rotatable bonds is 2. The molecule has 0 spiro atoms. The third kappa shape index (κ3) is 3.26. The van der Waals surface area contributed by atoms with Gasteiger partial charge in [0.25, 0.3) is 0 Å². The van der Waals surface area contributed by atoms with E-state index in [9.17, 15) is 4.79 Å². The van der Waals surface area contributed by atoms with Crippen LogP contribution >= 0.6 is 0 Å². The fraction of sp³-hybridized carbons (Fsp3) is 0.382. The Balaban J connectivity index is 1.73. The summed E-state index contributed by atoms with van der Waals surface area (Å²) in [5.74, 6) is 0.170. The summed E-state index contributed by atoms with van der Waals surface area (Å²) in [5.41, 5.74) is 6.69. The van der Waals surface area contributed by atoms with Crippen LogP contribution in [0.5, 0.6) is 0 Å². The van der Waals surface area contributed by atoms with Gasteiger partial charge in [0.2, 0.25) is 0 Å². The lowest BCUT2D eigenvalue weighted by Crippen LogP contribution is -2.47. The third-order valence-electron chi connectivity index (χ3n) is 8.75. The van der Waals surface area contributed by atoms with E-state index in [-0.39, 0.29) is 40.5 Å². The highest BCUT2D eigenvalue weighted by Gasteiger charge is 2.58. The Morgan fingerprint density at radius 1 is 0.667 bits per heavy atom. The normalized spacial score (nSPS) is 23.0. The van der Waals surface area contributed by atoms with Gasteiger partial charge in [-0.1, -0.05) is 108 Å². The van der Waals surface area contributed by atoms with E-state index in [1.165, 1.54) is 56.5 Å². The molecule has 4 aromatic carbocycles. The van der Waals surface area contributed by atoms with Crippen molar-refractivity contribution in [2.75, 3.05) is 7.11 Å². The van der Waals surface area contributed by atoms with E-state index in [2.05, 4.69) is 108 Å². The number of hydrogen-bond acceptors (Lipinski definition) is 2. The minimum atomic E-state index is -0.192. The maximum Gasteiger partial charge on any atom is 0.309 e. The first-order valence-corrected chi connectivity index (χ1v) is 13.2. The van der Waals surface area contributed by atoms with Crippen molar-refractivity contribution in [2.24, 2.45) is 5.92 Å². The molecule has 0 aliphatic heterocycles. The van der Waals surface area contributed by atoms with E-state index >= 15 is 0 Å². The van der Waals surface area contributed by atoms with Crippen LogP contribution in [0, 0.1) is 5.92 Å². The summed E-state index contributed by atoms with van der Waals surface area (Å²) < 4.78 is 5.45. The summed E-state index contributed by atoms with van der Waals surface area (Å²) in [4.78, 5) is 13.4. The molecule has 0 N–H and O–H groups in total. The van der Waals surface area contributed by atoms with Crippen LogP contribution in [-0.2, 0) is 20.4 Å². The number of fused-ring (bicyclic) bond motifs is 3. The molecule has 0 saturated heterocycles. The van der Waals surface area contributed by atoms with Crippen LogP contribution in [0.2, 0.25) is 0 Å². The minimum Gasteiger partial charge on any atom is -0.469 e. The van der Waals surface area contributed by atoms with Crippen molar-refractivity contribution in [2.45, 2.75) is 70.1 Å². The lowest BCUT2D eigenvalue weighted by Gasteiger charge is -2.54. The van der Waals surface area contributed by atoms with E-state index < -0.39 is 0 Å². The molecule has 4 atom stereocenters. The highest BCUT2D eigenvalue weighted by molar-refractivity contribution is 6.13. The molecule has 0 amide bonds. The van der Waals surface area contributed by atoms with E-state index in [4.69, 9.17) is 4.74 Å². The van der Waals surface area contributed by atoms with Gasteiger partial charge >= 0.3 is 5.97 Å². The third-order valence-corrected chi connectivity index (χ3v) is 8.75. The molecular formula is C34H36O2. The van der Waals surface area contributed by atoms with E-state index in [0.717, 1.165) is 0 Å². The molecule has 2 aliphatic carbocycles. The molecule has 0 bridgehead atoms. The quantitative estimate of drug-likeness (QED) is 0.215. The van der Waals surface area contributed by atoms with E-state index in [0.29, 0.717) is 0 Å². The van der Waals surface area contributed by atoms with Crippen LogP contribution in [0.4, 0.5) is 0 Å². The van der Waals surface area contributed by atoms with Crippen molar-refractivity contribution >= 4 is 27.5 Å². The van der Waals surface area contributed by atoms with Crippen LogP contribution < -0.4 is 0 Å². The molecule has 4 aromatic rings. The van der Waals surface area contributed by atoms with Crippen molar-refractivity contribution in [3.05, 3.63) is 94.5 Å². The number of ether oxygens (including phenoxy) is 1. The number of esters is 1. The van der Waals surface area contributed by atoms with Gasteiger partial charge in [-0.15, -0.1) is 0 Å². The second kappa shape index (κ2) is 7.68. The number of benzene rings is 4. The Kier molecular flexibility index (Phi) is 4.97. The van der Waals surface area contributed by atoms with Gasteiger partial charge in [-0.05, 0) is 66.1 Å². The second-order valence-corrected chi connectivity index (χ2v) is 12.9. The van der Waals surface area contributed by atoms with Gasteiger partial charge < -0.3 is 4.74 Å². The highest BCUT2D eigenvalue weighted by Crippen LogP contribution is 2.67. The standard InChI is InChI=1S/C34H36O2/c1-33(2,3)22-15-20-13-14-21-16-23(34(4,5)6)18-25-27(21)26(20)24(17-22)29-28(19-11-9-8-10-12-19)31(30(25)29)32(35)36-7/h8-18,28-31H,1-7H3/t28-,29-,30-,31+/m0/s1. The average molecular weight is 477 g/mol. The Morgan fingerprint density at radius 2 is 1.17 bits per heavy atom. The second-order valence-electron chi connectivity index (χ2n) is 12.9. The van der Waals surface area contributed by atoms with Crippen LogP contribution in [0.1, 0.15) is 87.1 Å². The average Bonchev–Trinajstić information content (AvgIpc) is 2.81. The van der Waals surface area contributed by atoms with Gasteiger partial charge in [0, 0.05) is 11.8 Å². The predicted octanol–water partition coefficient (Wildman–Crippen LogP) is 8.36. The van der Waals surface area contributed by atoms with Gasteiger partial charge in [-0.3, -0.25) is 4.79 Å². The summed E-state index contributed by atoms with van der Waals surface area (Å²) in [6.45, 7) is 13.7. The van der Waals surface area contributed by atoms with Crippen molar-refractivity contribution < 1.29 is 9.53 Å². The molecule has 6 rings (SSSR count). The van der Waals surface area contributed by atoms with Crippen LogP contribution in [-0.4, -0.2) is 13.1 Å². The monoisotopic (exact) mass is 476 g/mol. The first-order valence-electron chi connectivity index (χ1n) is 13.2. The molecule has 0 radical (unpaired) electrons. The Labute approximate surface area is 214 Å². The van der Waals surface area contributed by atoms with E-state index in [1.54, 1.807) is 0 Å². The largest absolute Gasteiger partial charge is 0.469 e. The Morgan fingerprint density at radius 3 is 1.64 bits per heavy atom. The molecule has 36 heavy (non-hydrogen) atoms. The van der Waals surface area contributed by atoms with Crippen molar-refractivity contribution in [3.63, 3.8) is 0 Å². The SMILES string of the molecule is COC(=O)[C@@H]1[C@@H](c2ccccc2)[C@@H]2c3cc(C(C)(C)C)cc4ccc5cc(C(C)(C)C)cc(c5c34)[C@H]12. The number of methoxy groups -OCH3 is 1. The van der Waals surface area contributed by atoms with Crippen molar-refractivity contribution in [1.29, 1.82) is 0 Å². The maximum absolute atomic E-state index is 13.4. The summed E-state index contributed by atoms with van der Waals surface area (Å²) >= 11 is 0. The Hall–Kier alpha value is -3.13. The number of carbonyl (C=O) groups excluding carboxylic acids is 1. The fourth-order valence-corrected chi connectivity index (χ4v) is 6.83. The number of hydrogen-bond donors (Lipinski definition) is 0. The molecule has 1 saturated carbocycles. The predicted molar refractivity (Wildman–Crippen MR) is 149 cm³/mol. The van der Waals surface area contributed by atoms with Crippen molar-refractivity contribution in [3.8, 4) is 0 Å². The molecule has 0 unspecified atom stereocenters. The molecule has 1 fully saturated rings. The highest BCUT2D eigenvalue weighted by atomic mass is 16.5. The molecule has 2 aliphatic rings. The number of carbonyl (C=O) groups is 1. The van der Waals surface area contributed by atoms with Gasteiger partial charge in [-0.25, -0.2) is 0 Å². The molecule has 0 heterocycles. The molecule has 2 heteroatoms. The first kappa shape index (κ1) is 23.3. The lowest BCUT2D eigenvalue weighted by molar-refractivity contribution is -0.151. The molecule has 2 nitrogen and oxygen atoms in total. The first-order chi connectivity index (χ1) is 17.0. The Bertz CT molecular complexity index is 1510. The molecule has 0 aromatic heterocycles. The zero-order valence-corrected chi connectivity index (χ0v) is 22.5. The summed E-state index contributed by atoms with van der Waals surface area (Å²) in [5, 5.41) is 5.29. The topological polar surface area (TPSA) is 26.3 Å². The summed E-state index contributed by atoms with van der Waals surface area (Å²) in [6, 6.07) is 24.8. The van der Waals surface area contributed by atoms with Crippen molar-refractivity contribution in [1.82, 2.24) is 0 Å². The summed E-state index contributed by atoms with van der Waals surface area (Å²) in [7, 11) is 1.54. The fourth-order valence-electron chi connectivity index (χ4n) is 6.83.